The highest BCUT2D eigenvalue weighted by molar-refractivity contribution is 5.77. The summed E-state index contributed by atoms with van der Waals surface area (Å²) < 4.78 is 6.52. The number of anilines is 1. The van der Waals surface area contributed by atoms with Crippen LogP contribution in [0.15, 0.2) is 35.4 Å². The fourth-order valence-corrected chi connectivity index (χ4v) is 1.45. The van der Waals surface area contributed by atoms with E-state index in [2.05, 4.69) is 15.2 Å². The first kappa shape index (κ1) is 7.98. The maximum Gasteiger partial charge on any atom is 0.222 e. The SMILES string of the molecule is Nc1cc(-c2cnn3ccncc23)no1. The van der Waals surface area contributed by atoms with E-state index >= 15 is 0 Å². The van der Waals surface area contributed by atoms with Gasteiger partial charge in [0.05, 0.1) is 23.5 Å². The predicted octanol–water partition coefficient (Wildman–Crippen LogP) is 0.966. The Labute approximate surface area is 84.3 Å². The van der Waals surface area contributed by atoms with Crippen molar-refractivity contribution in [3.63, 3.8) is 0 Å². The van der Waals surface area contributed by atoms with Crippen molar-refractivity contribution in [1.82, 2.24) is 19.8 Å². The first-order valence-electron chi connectivity index (χ1n) is 4.34. The van der Waals surface area contributed by atoms with E-state index in [0.29, 0.717) is 5.69 Å². The Bertz CT molecular complexity index is 612. The first-order chi connectivity index (χ1) is 7.34. The van der Waals surface area contributed by atoms with E-state index in [1.54, 1.807) is 35.4 Å². The van der Waals surface area contributed by atoms with E-state index in [9.17, 15) is 0 Å². The van der Waals surface area contributed by atoms with E-state index in [-0.39, 0.29) is 5.88 Å². The molecule has 0 bridgehead atoms. The fourth-order valence-electron chi connectivity index (χ4n) is 1.45. The maximum atomic E-state index is 5.46. The quantitative estimate of drug-likeness (QED) is 0.634. The molecule has 0 aromatic carbocycles. The van der Waals surface area contributed by atoms with Crippen molar-refractivity contribution < 1.29 is 4.52 Å². The topological polar surface area (TPSA) is 82.2 Å². The van der Waals surface area contributed by atoms with Gasteiger partial charge in [-0.2, -0.15) is 5.10 Å². The van der Waals surface area contributed by atoms with Gasteiger partial charge >= 0.3 is 0 Å². The maximum absolute atomic E-state index is 5.46. The Morgan fingerprint density at radius 3 is 3.07 bits per heavy atom. The van der Waals surface area contributed by atoms with Crippen LogP contribution in [0.4, 0.5) is 5.88 Å². The van der Waals surface area contributed by atoms with Crippen LogP contribution < -0.4 is 5.73 Å². The van der Waals surface area contributed by atoms with Gasteiger partial charge in [0, 0.05) is 18.5 Å². The molecule has 0 fully saturated rings. The molecule has 15 heavy (non-hydrogen) atoms. The van der Waals surface area contributed by atoms with Gasteiger partial charge in [-0.3, -0.25) is 4.98 Å². The zero-order valence-corrected chi connectivity index (χ0v) is 7.66. The number of nitrogens with two attached hydrogens (primary N) is 1. The van der Waals surface area contributed by atoms with Crippen LogP contribution in [0.1, 0.15) is 0 Å². The normalized spacial score (nSPS) is 10.9. The molecule has 0 saturated heterocycles. The molecule has 2 N–H and O–H groups in total. The fraction of sp³-hybridized carbons (Fsp3) is 0. The van der Waals surface area contributed by atoms with E-state index in [1.807, 2.05) is 0 Å². The third kappa shape index (κ3) is 1.15. The van der Waals surface area contributed by atoms with Crippen LogP contribution in [0.3, 0.4) is 0 Å². The molecule has 0 aliphatic carbocycles. The Morgan fingerprint density at radius 2 is 2.27 bits per heavy atom. The van der Waals surface area contributed by atoms with E-state index in [4.69, 9.17) is 10.3 Å². The highest BCUT2D eigenvalue weighted by Gasteiger charge is 2.10. The van der Waals surface area contributed by atoms with Gasteiger partial charge in [-0.05, 0) is 0 Å². The molecule has 0 aliphatic rings. The van der Waals surface area contributed by atoms with Gasteiger partial charge in [-0.15, -0.1) is 0 Å². The summed E-state index contributed by atoms with van der Waals surface area (Å²) in [5.41, 5.74) is 7.84. The van der Waals surface area contributed by atoms with E-state index < -0.39 is 0 Å². The lowest BCUT2D eigenvalue weighted by Crippen LogP contribution is -1.85. The van der Waals surface area contributed by atoms with Gasteiger partial charge in [0.15, 0.2) is 0 Å². The second-order valence-electron chi connectivity index (χ2n) is 3.08. The average molecular weight is 201 g/mol. The summed E-state index contributed by atoms with van der Waals surface area (Å²) in [4.78, 5) is 4.03. The van der Waals surface area contributed by atoms with Crippen LogP contribution >= 0.6 is 0 Å². The lowest BCUT2D eigenvalue weighted by Gasteiger charge is -1.91. The predicted molar refractivity (Wildman–Crippen MR) is 52.9 cm³/mol. The summed E-state index contributed by atoms with van der Waals surface area (Å²) in [5, 5.41) is 7.99. The van der Waals surface area contributed by atoms with Gasteiger partial charge in [0.2, 0.25) is 5.88 Å². The molecule has 74 valence electrons. The minimum atomic E-state index is 0.285. The lowest BCUT2D eigenvalue weighted by atomic mass is 10.2. The van der Waals surface area contributed by atoms with Crippen molar-refractivity contribution in [3.05, 3.63) is 30.9 Å². The molecule has 3 heterocycles. The molecule has 0 amide bonds. The zero-order chi connectivity index (χ0) is 10.3. The minimum Gasteiger partial charge on any atom is -0.368 e. The largest absolute Gasteiger partial charge is 0.368 e. The molecule has 6 heteroatoms. The molecule has 0 atom stereocenters. The Balaban J connectivity index is 2.27. The summed E-state index contributed by atoms with van der Waals surface area (Å²) in [6.07, 6.45) is 6.85. The second kappa shape index (κ2) is 2.81. The number of rotatable bonds is 1. The molecule has 0 spiro atoms. The zero-order valence-electron chi connectivity index (χ0n) is 7.66. The molecule has 3 rings (SSSR count). The standard InChI is InChI=1S/C9H7N5O/c10-9-3-7(13-15-9)6-4-12-14-2-1-11-5-8(6)14/h1-5H,10H2. The molecule has 0 aliphatic heterocycles. The van der Waals surface area contributed by atoms with Crippen molar-refractivity contribution in [2.45, 2.75) is 0 Å². The van der Waals surface area contributed by atoms with Crippen LogP contribution in [0.2, 0.25) is 0 Å². The summed E-state index contributed by atoms with van der Waals surface area (Å²) in [6, 6.07) is 1.66. The smallest absolute Gasteiger partial charge is 0.222 e. The van der Waals surface area contributed by atoms with E-state index in [0.717, 1.165) is 11.1 Å². The molecular weight excluding hydrogens is 194 g/mol. The monoisotopic (exact) mass is 201 g/mol. The van der Waals surface area contributed by atoms with Crippen molar-refractivity contribution in [1.29, 1.82) is 0 Å². The molecule has 0 saturated carbocycles. The van der Waals surface area contributed by atoms with Crippen LogP contribution in [0, 0.1) is 0 Å². The molecule has 0 radical (unpaired) electrons. The van der Waals surface area contributed by atoms with Gasteiger partial charge in [-0.25, -0.2) is 4.52 Å². The summed E-state index contributed by atoms with van der Waals surface area (Å²) in [7, 11) is 0. The van der Waals surface area contributed by atoms with Crippen LogP contribution in [-0.4, -0.2) is 19.8 Å². The molecule has 3 aromatic heterocycles. The average Bonchev–Trinajstić information content (AvgIpc) is 2.83. The lowest BCUT2D eigenvalue weighted by molar-refractivity contribution is 0.439. The van der Waals surface area contributed by atoms with E-state index in [1.165, 1.54) is 0 Å². The van der Waals surface area contributed by atoms with Gasteiger partial charge in [0.1, 0.15) is 5.69 Å². The second-order valence-corrected chi connectivity index (χ2v) is 3.08. The number of nitrogens with zero attached hydrogens (tertiary/aromatic N) is 4. The number of hydrogen-bond donors (Lipinski definition) is 1. The first-order valence-corrected chi connectivity index (χ1v) is 4.34. The molecule has 0 unspecified atom stereocenters. The number of aromatic nitrogens is 4. The van der Waals surface area contributed by atoms with Gasteiger partial charge in [0.25, 0.3) is 0 Å². The van der Waals surface area contributed by atoms with Crippen molar-refractivity contribution in [2.75, 3.05) is 5.73 Å². The highest BCUT2D eigenvalue weighted by atomic mass is 16.5. The summed E-state index contributed by atoms with van der Waals surface area (Å²) in [6.45, 7) is 0. The number of hydrogen-bond acceptors (Lipinski definition) is 5. The number of nitrogen functional groups attached to an aromatic ring is 1. The highest BCUT2D eigenvalue weighted by Crippen LogP contribution is 2.23. The third-order valence-electron chi connectivity index (χ3n) is 2.13. The molecule has 3 aromatic rings. The van der Waals surface area contributed by atoms with Crippen molar-refractivity contribution >= 4 is 11.4 Å². The van der Waals surface area contributed by atoms with Crippen LogP contribution in [0.5, 0.6) is 0 Å². The van der Waals surface area contributed by atoms with Gasteiger partial charge in [-0.1, -0.05) is 5.16 Å². The molecule has 6 nitrogen and oxygen atoms in total. The molecular formula is C9H7N5O. The Morgan fingerprint density at radius 1 is 1.33 bits per heavy atom. The van der Waals surface area contributed by atoms with Crippen LogP contribution in [-0.2, 0) is 0 Å². The third-order valence-corrected chi connectivity index (χ3v) is 2.13. The Kier molecular flexibility index (Phi) is 1.49. The van der Waals surface area contributed by atoms with Gasteiger partial charge < -0.3 is 10.3 Å². The summed E-state index contributed by atoms with van der Waals surface area (Å²) >= 11 is 0. The minimum absolute atomic E-state index is 0.285. The van der Waals surface area contributed by atoms with Crippen molar-refractivity contribution in [3.8, 4) is 11.3 Å². The number of fused-ring (bicyclic) bond motifs is 1. The van der Waals surface area contributed by atoms with Crippen LogP contribution in [0.25, 0.3) is 16.8 Å². The van der Waals surface area contributed by atoms with Crippen molar-refractivity contribution in [2.24, 2.45) is 0 Å². The summed E-state index contributed by atoms with van der Waals surface area (Å²) in [5.74, 6) is 0.285. The Hall–Kier alpha value is -2.37.